The maximum Gasteiger partial charge on any atom is 0.243 e. The Bertz CT molecular complexity index is 2200. The van der Waals surface area contributed by atoms with E-state index < -0.39 is 34.1 Å². The molecule has 3 N–H and O–H groups in total. The summed E-state index contributed by atoms with van der Waals surface area (Å²) in [7, 11) is -2.68. The second-order valence-electron chi connectivity index (χ2n) is 16.9. The molecule has 2 fully saturated rings. The standard InChI is InChI=1S/C49H63N3O10S2/c1-4-27-60-49-45(52(3)64(56,57)39-22-19-36(20-23-39)50-34(2)55)33-43(51-62-46-18-10-13-28-59-46)41-31-35(14-8-11-25-53)40(17-9-12-26-54)47(48(41)49)42-32-37(21-24-44(42)61-49)58-29-30-63-38-15-6-5-7-16-38/h4-7,15-16,19-24,31-32,35,40,45-48,53-54H,1,8-14,17-18,25-30,33H2,2-3H3,(H,50,55). The molecule has 64 heavy (non-hydrogen) atoms. The predicted molar refractivity (Wildman–Crippen MR) is 248 cm³/mol. The van der Waals surface area contributed by atoms with Gasteiger partial charge in [0.25, 0.3) is 0 Å². The number of oxime groups is 1. The predicted octanol–water partition coefficient (Wildman–Crippen LogP) is 8.30. The van der Waals surface area contributed by atoms with Gasteiger partial charge in [0.05, 0.1) is 42.4 Å². The number of benzene rings is 3. The summed E-state index contributed by atoms with van der Waals surface area (Å²) in [6, 6.07) is 21.2. The van der Waals surface area contributed by atoms with Crippen molar-refractivity contribution in [1.29, 1.82) is 0 Å². The van der Waals surface area contributed by atoms with Crippen molar-refractivity contribution in [2.75, 3.05) is 51.2 Å². The Balaban J connectivity index is 1.37. The molecule has 13 nitrogen and oxygen atoms in total. The molecule has 0 spiro atoms. The van der Waals surface area contributed by atoms with Crippen LogP contribution in [0.1, 0.15) is 82.6 Å². The van der Waals surface area contributed by atoms with Crippen molar-refractivity contribution in [1.82, 2.24) is 4.31 Å². The summed E-state index contributed by atoms with van der Waals surface area (Å²) in [6.45, 7) is 6.65. The van der Waals surface area contributed by atoms with Crippen molar-refractivity contribution < 1.29 is 47.2 Å². The number of fused-ring (bicyclic) bond motifs is 2. The SMILES string of the molecule is C=CCOC12Oc3ccc(OCCSc4ccccc4)cc3C3C(CCCCO)C(CCCCO)C=C(C(=NOC4CCCCO4)CC1N(C)S(=O)(=O)c1ccc(NC(C)=O)cc1)C32. The summed E-state index contributed by atoms with van der Waals surface area (Å²) in [5.74, 6) is -0.650. The Morgan fingerprint density at radius 1 is 1.03 bits per heavy atom. The van der Waals surface area contributed by atoms with Crippen molar-refractivity contribution in [3.8, 4) is 11.5 Å². The molecule has 3 aromatic carbocycles. The molecular formula is C49H63N3O10S2. The van der Waals surface area contributed by atoms with E-state index in [1.54, 1.807) is 37.0 Å². The van der Waals surface area contributed by atoms with Crippen molar-refractivity contribution in [2.45, 2.75) is 105 Å². The number of carbonyl (C=O) groups is 1. The Hall–Kier alpha value is -4.22. The molecule has 7 rings (SSSR count). The van der Waals surface area contributed by atoms with E-state index in [-0.39, 0.29) is 54.8 Å². The largest absolute Gasteiger partial charge is 0.493 e. The normalized spacial score (nSPS) is 25.7. The van der Waals surface area contributed by atoms with Crippen molar-refractivity contribution in [2.24, 2.45) is 22.9 Å². The molecule has 7 atom stereocenters. The highest BCUT2D eigenvalue weighted by Gasteiger charge is 2.65. The van der Waals surface area contributed by atoms with Crippen LogP contribution in [0.4, 0.5) is 5.69 Å². The van der Waals surface area contributed by atoms with Crippen molar-refractivity contribution in [3.63, 3.8) is 0 Å². The van der Waals surface area contributed by atoms with Gasteiger partial charge in [0.15, 0.2) is 0 Å². The molecule has 15 heteroatoms. The Morgan fingerprint density at radius 3 is 2.50 bits per heavy atom. The molecule has 3 aromatic rings. The highest BCUT2D eigenvalue weighted by Crippen LogP contribution is 2.62. The fourth-order valence-electron chi connectivity index (χ4n) is 9.79. The van der Waals surface area contributed by atoms with Crippen LogP contribution >= 0.6 is 11.8 Å². The number of ether oxygens (including phenoxy) is 4. The lowest BCUT2D eigenvalue weighted by Crippen LogP contribution is -2.69. The first-order valence-electron chi connectivity index (χ1n) is 22.6. The summed E-state index contributed by atoms with van der Waals surface area (Å²) in [5.41, 5.74) is 2.86. The first-order valence-corrected chi connectivity index (χ1v) is 25.0. The van der Waals surface area contributed by atoms with Gasteiger partial charge in [-0.05, 0) is 111 Å². The van der Waals surface area contributed by atoms with Gasteiger partial charge in [-0.2, -0.15) is 4.31 Å². The molecule has 4 aliphatic rings. The molecule has 0 aromatic heterocycles. The topological polar surface area (TPSA) is 165 Å². The number of unbranched alkanes of at least 4 members (excludes halogenated alkanes) is 2. The smallest absolute Gasteiger partial charge is 0.243 e. The van der Waals surface area contributed by atoms with Gasteiger partial charge in [0.2, 0.25) is 28.0 Å². The molecular weight excluding hydrogens is 855 g/mol. The second kappa shape index (κ2) is 22.3. The lowest BCUT2D eigenvalue weighted by atomic mass is 9.55. The van der Waals surface area contributed by atoms with Gasteiger partial charge in [0.1, 0.15) is 11.5 Å². The van der Waals surface area contributed by atoms with Gasteiger partial charge in [-0.15, -0.1) is 18.3 Å². The van der Waals surface area contributed by atoms with E-state index in [0.717, 1.165) is 60.3 Å². The number of nitrogens with one attached hydrogen (secondary N) is 1. The first kappa shape index (κ1) is 47.7. The average Bonchev–Trinajstić information content (AvgIpc) is 3.30. The lowest BCUT2D eigenvalue weighted by molar-refractivity contribution is -0.250. The van der Waals surface area contributed by atoms with Gasteiger partial charge < -0.3 is 39.3 Å². The minimum absolute atomic E-state index is 0.00284. The number of likely N-dealkylation sites (N-methyl/N-ethyl adjacent to an activating group) is 1. The van der Waals surface area contributed by atoms with Gasteiger partial charge >= 0.3 is 0 Å². The third kappa shape index (κ3) is 10.9. The summed E-state index contributed by atoms with van der Waals surface area (Å²) < 4.78 is 57.8. The number of allylic oxidation sites excluding steroid dienone is 1. The number of nitrogens with zero attached hydrogens (tertiary/aromatic N) is 2. The third-order valence-electron chi connectivity index (χ3n) is 12.7. The summed E-state index contributed by atoms with van der Waals surface area (Å²) >= 11 is 1.72. The number of thioether (sulfide) groups is 1. The minimum atomic E-state index is -4.23. The summed E-state index contributed by atoms with van der Waals surface area (Å²) in [6.07, 6.45) is 10.4. The highest BCUT2D eigenvalue weighted by molar-refractivity contribution is 7.99. The first-order chi connectivity index (χ1) is 31.1. The maximum atomic E-state index is 14.9. The van der Waals surface area contributed by atoms with E-state index in [9.17, 15) is 23.4 Å². The fourth-order valence-corrected chi connectivity index (χ4v) is 11.9. The van der Waals surface area contributed by atoms with Crippen molar-refractivity contribution in [3.05, 3.63) is 103 Å². The molecule has 2 aliphatic carbocycles. The molecule has 1 saturated heterocycles. The van der Waals surface area contributed by atoms with E-state index in [0.29, 0.717) is 55.4 Å². The van der Waals surface area contributed by atoms with Crippen molar-refractivity contribution >= 4 is 39.1 Å². The number of hydrogen-bond acceptors (Lipinski definition) is 12. The van der Waals surface area contributed by atoms with Crippen LogP contribution in [0.5, 0.6) is 11.5 Å². The zero-order chi connectivity index (χ0) is 45.1. The molecule has 346 valence electrons. The Morgan fingerprint density at radius 2 is 1.80 bits per heavy atom. The molecule has 2 heterocycles. The second-order valence-corrected chi connectivity index (χ2v) is 20.1. The zero-order valence-corrected chi connectivity index (χ0v) is 38.6. The summed E-state index contributed by atoms with van der Waals surface area (Å²) in [5, 5.41) is 27.5. The zero-order valence-electron chi connectivity index (χ0n) is 36.9. The van der Waals surface area contributed by atoms with Gasteiger partial charge in [-0.25, -0.2) is 8.42 Å². The third-order valence-corrected chi connectivity index (χ3v) is 15.6. The number of anilines is 1. The van der Waals surface area contributed by atoms with E-state index in [2.05, 4.69) is 36.2 Å². The van der Waals surface area contributed by atoms with E-state index in [4.69, 9.17) is 28.9 Å². The molecule has 7 unspecified atom stereocenters. The molecule has 1 amide bonds. The van der Waals surface area contributed by atoms with Crippen LogP contribution in [-0.2, 0) is 29.1 Å². The monoisotopic (exact) mass is 917 g/mol. The van der Waals surface area contributed by atoms with E-state index in [1.807, 2.05) is 30.3 Å². The van der Waals surface area contributed by atoms with Gasteiger partial charge in [-0.3, -0.25) is 4.79 Å². The van der Waals surface area contributed by atoms with Crippen LogP contribution in [0.2, 0.25) is 0 Å². The van der Waals surface area contributed by atoms with Gasteiger partial charge in [-0.1, -0.05) is 48.3 Å². The maximum absolute atomic E-state index is 14.9. The Labute approximate surface area is 382 Å². The van der Waals surface area contributed by atoms with Gasteiger partial charge in [0, 0.05) is 67.8 Å². The van der Waals surface area contributed by atoms with Crippen LogP contribution in [0.3, 0.4) is 0 Å². The number of hydrogen-bond donors (Lipinski definition) is 3. The van der Waals surface area contributed by atoms with Crippen LogP contribution in [0.15, 0.2) is 112 Å². The van der Waals surface area contributed by atoms with Crippen LogP contribution in [0, 0.1) is 17.8 Å². The molecule has 1 saturated carbocycles. The number of rotatable bonds is 22. The molecule has 0 bridgehead atoms. The van der Waals surface area contributed by atoms with Crippen LogP contribution in [-0.4, -0.2) is 98.5 Å². The lowest BCUT2D eigenvalue weighted by Gasteiger charge is -2.59. The number of carbonyl (C=O) groups excluding carboxylic acids is 1. The summed E-state index contributed by atoms with van der Waals surface area (Å²) in [4.78, 5) is 19.2. The highest BCUT2D eigenvalue weighted by atomic mass is 32.2. The number of aliphatic hydroxyl groups is 2. The number of sulfonamides is 1. The van der Waals surface area contributed by atoms with Crippen LogP contribution in [0.25, 0.3) is 0 Å². The fraction of sp³-hybridized carbons (Fsp3) is 0.510. The Kier molecular flexibility index (Phi) is 16.6. The number of aliphatic hydroxyl groups excluding tert-OH is 2. The quantitative estimate of drug-likeness (QED) is 0.0384. The number of amides is 1. The minimum Gasteiger partial charge on any atom is -0.493 e. The van der Waals surface area contributed by atoms with E-state index >= 15 is 0 Å². The van der Waals surface area contributed by atoms with Crippen LogP contribution < -0.4 is 14.8 Å². The van der Waals surface area contributed by atoms with E-state index in [1.165, 1.54) is 23.4 Å². The molecule has 0 radical (unpaired) electrons. The average molecular weight is 918 g/mol. The molecule has 2 aliphatic heterocycles.